The largest absolute Gasteiger partial charge is 0.396 e. The average molecular weight is 321 g/mol. The lowest BCUT2D eigenvalue weighted by Crippen LogP contribution is -2.47. The molecule has 2 aromatic rings. The number of fused-ring (bicyclic) bond motifs is 2. The number of aliphatic hydroxyl groups excluding tert-OH is 1. The molecule has 124 valence electrons. The summed E-state index contributed by atoms with van der Waals surface area (Å²) in [5, 5.41) is 9.56. The summed E-state index contributed by atoms with van der Waals surface area (Å²) in [7, 11) is 0. The van der Waals surface area contributed by atoms with Gasteiger partial charge in [-0.3, -0.25) is 4.57 Å². The highest BCUT2D eigenvalue weighted by Gasteiger charge is 2.52. The van der Waals surface area contributed by atoms with Gasteiger partial charge in [0.05, 0.1) is 25.6 Å². The van der Waals surface area contributed by atoms with E-state index in [-0.39, 0.29) is 24.7 Å². The van der Waals surface area contributed by atoms with Crippen molar-refractivity contribution < 1.29 is 19.3 Å². The average Bonchev–Trinajstić information content (AvgIpc) is 3.07. The molecule has 9 nitrogen and oxygen atoms in total. The number of imidazole rings is 1. The normalized spacial score (nSPS) is 33.0. The van der Waals surface area contributed by atoms with E-state index in [4.69, 9.17) is 19.9 Å². The monoisotopic (exact) mass is 321 g/mol. The summed E-state index contributed by atoms with van der Waals surface area (Å²) in [5.74, 6) is -0.551. The minimum absolute atomic E-state index is 0.0207. The van der Waals surface area contributed by atoms with Crippen molar-refractivity contribution >= 4 is 17.0 Å². The number of aliphatic hydroxyl groups is 1. The summed E-state index contributed by atoms with van der Waals surface area (Å²) in [5.41, 5.74) is 6.94. The van der Waals surface area contributed by atoms with Gasteiger partial charge in [0.25, 0.3) is 0 Å². The van der Waals surface area contributed by atoms with Gasteiger partial charge in [-0.05, 0) is 13.8 Å². The van der Waals surface area contributed by atoms with Gasteiger partial charge in [-0.1, -0.05) is 0 Å². The molecule has 0 aliphatic carbocycles. The molecule has 2 fully saturated rings. The van der Waals surface area contributed by atoms with Crippen molar-refractivity contribution in [2.24, 2.45) is 5.92 Å². The van der Waals surface area contributed by atoms with Crippen molar-refractivity contribution in [2.75, 3.05) is 18.9 Å². The summed E-state index contributed by atoms with van der Waals surface area (Å²) in [6.45, 7) is 4.04. The quantitative estimate of drug-likeness (QED) is 0.797. The molecule has 3 N–H and O–H groups in total. The Morgan fingerprint density at radius 2 is 2.09 bits per heavy atom. The number of nitrogens with zero attached hydrogens (tertiary/aromatic N) is 4. The summed E-state index contributed by atoms with van der Waals surface area (Å²) >= 11 is 0. The van der Waals surface area contributed by atoms with Gasteiger partial charge in [0.2, 0.25) is 0 Å². The predicted molar refractivity (Wildman–Crippen MR) is 79.1 cm³/mol. The fourth-order valence-corrected chi connectivity index (χ4v) is 3.27. The third-order valence-electron chi connectivity index (χ3n) is 4.29. The maximum Gasteiger partial charge on any atom is 0.167 e. The third-order valence-corrected chi connectivity index (χ3v) is 4.29. The van der Waals surface area contributed by atoms with Crippen LogP contribution in [0.3, 0.4) is 0 Å². The smallest absolute Gasteiger partial charge is 0.167 e. The molecule has 2 aliphatic heterocycles. The Kier molecular flexibility index (Phi) is 3.27. The van der Waals surface area contributed by atoms with Crippen LogP contribution in [0.15, 0.2) is 12.7 Å². The van der Waals surface area contributed by atoms with Crippen LogP contribution in [0.1, 0.15) is 20.1 Å². The molecular formula is C14H19N5O4. The molecule has 4 heterocycles. The first-order chi connectivity index (χ1) is 11.0. The lowest BCUT2D eigenvalue weighted by Gasteiger charge is -2.36. The van der Waals surface area contributed by atoms with Crippen LogP contribution in [0.25, 0.3) is 11.2 Å². The van der Waals surface area contributed by atoms with E-state index in [0.717, 1.165) is 0 Å². The molecule has 4 unspecified atom stereocenters. The van der Waals surface area contributed by atoms with E-state index in [2.05, 4.69) is 15.0 Å². The molecule has 0 saturated carbocycles. The third kappa shape index (κ3) is 2.27. The molecule has 2 aliphatic rings. The van der Waals surface area contributed by atoms with E-state index in [1.807, 2.05) is 13.8 Å². The van der Waals surface area contributed by atoms with Crippen molar-refractivity contribution in [3.05, 3.63) is 12.7 Å². The highest BCUT2D eigenvalue weighted by molar-refractivity contribution is 5.81. The van der Waals surface area contributed by atoms with Crippen molar-refractivity contribution in [2.45, 2.75) is 38.1 Å². The molecule has 0 bridgehead atoms. The number of nitrogen functional groups attached to an aromatic ring is 1. The number of ether oxygens (including phenoxy) is 3. The first-order valence-corrected chi connectivity index (χ1v) is 7.51. The van der Waals surface area contributed by atoms with Crippen LogP contribution in [0, 0.1) is 5.92 Å². The van der Waals surface area contributed by atoms with E-state index < -0.39 is 12.0 Å². The summed E-state index contributed by atoms with van der Waals surface area (Å²) < 4.78 is 19.7. The van der Waals surface area contributed by atoms with E-state index in [1.165, 1.54) is 6.33 Å². The highest BCUT2D eigenvalue weighted by Crippen LogP contribution is 2.42. The number of anilines is 1. The van der Waals surface area contributed by atoms with Crippen LogP contribution in [-0.2, 0) is 14.2 Å². The molecule has 0 aromatic carbocycles. The highest BCUT2D eigenvalue weighted by atomic mass is 16.8. The zero-order valence-electron chi connectivity index (χ0n) is 12.9. The predicted octanol–water partition coefficient (Wildman–Crippen LogP) is 0.0659. The Balaban J connectivity index is 1.75. The fourth-order valence-electron chi connectivity index (χ4n) is 3.27. The van der Waals surface area contributed by atoms with Gasteiger partial charge >= 0.3 is 0 Å². The van der Waals surface area contributed by atoms with Crippen molar-refractivity contribution in [3.63, 3.8) is 0 Å². The minimum atomic E-state index is -0.737. The number of rotatable bonds is 2. The van der Waals surface area contributed by atoms with Crippen molar-refractivity contribution in [1.82, 2.24) is 19.5 Å². The van der Waals surface area contributed by atoms with Crippen LogP contribution in [0.2, 0.25) is 0 Å². The van der Waals surface area contributed by atoms with Crippen LogP contribution >= 0.6 is 0 Å². The first kappa shape index (κ1) is 14.8. The number of aromatic nitrogens is 4. The Labute approximate surface area is 132 Å². The standard InChI is InChI=1S/C14H19N5O4/c1-14(2)22-9-7(3-20)4-21-13(10(9)23-14)19-6-18-8-11(15)16-5-17-12(8)19/h5-7,9-10,13,20H,3-4H2,1-2H3,(H2,15,16,17). The molecule has 0 radical (unpaired) electrons. The van der Waals surface area contributed by atoms with Gasteiger partial charge in [-0.15, -0.1) is 0 Å². The Morgan fingerprint density at radius 1 is 1.30 bits per heavy atom. The number of hydrogen-bond acceptors (Lipinski definition) is 8. The molecule has 0 spiro atoms. The zero-order valence-corrected chi connectivity index (χ0v) is 12.9. The van der Waals surface area contributed by atoms with Crippen molar-refractivity contribution in [1.29, 1.82) is 0 Å². The van der Waals surface area contributed by atoms with Gasteiger partial charge < -0.3 is 25.1 Å². The van der Waals surface area contributed by atoms with Crippen molar-refractivity contribution in [3.8, 4) is 0 Å². The van der Waals surface area contributed by atoms with Gasteiger partial charge in [0.1, 0.15) is 17.9 Å². The summed E-state index contributed by atoms with van der Waals surface area (Å²) in [4.78, 5) is 12.5. The Hall–Kier alpha value is -1.81. The lowest BCUT2D eigenvalue weighted by molar-refractivity contribution is -0.168. The van der Waals surface area contributed by atoms with E-state index in [0.29, 0.717) is 23.6 Å². The first-order valence-electron chi connectivity index (χ1n) is 7.51. The zero-order chi connectivity index (χ0) is 16.2. The molecule has 2 aromatic heterocycles. The summed E-state index contributed by atoms with van der Waals surface area (Å²) in [6, 6.07) is 0. The van der Waals surface area contributed by atoms with Gasteiger partial charge in [-0.2, -0.15) is 0 Å². The Morgan fingerprint density at radius 3 is 2.87 bits per heavy atom. The topological polar surface area (TPSA) is 118 Å². The molecule has 23 heavy (non-hydrogen) atoms. The second-order valence-corrected chi connectivity index (χ2v) is 6.31. The van der Waals surface area contributed by atoms with Crippen LogP contribution in [0.4, 0.5) is 5.82 Å². The van der Waals surface area contributed by atoms with Crippen LogP contribution < -0.4 is 5.73 Å². The summed E-state index contributed by atoms with van der Waals surface area (Å²) in [6.07, 6.45) is 1.92. The molecule has 4 rings (SSSR count). The van der Waals surface area contributed by atoms with Gasteiger partial charge in [-0.25, -0.2) is 15.0 Å². The minimum Gasteiger partial charge on any atom is -0.396 e. The second-order valence-electron chi connectivity index (χ2n) is 6.31. The van der Waals surface area contributed by atoms with E-state index in [1.54, 1.807) is 10.9 Å². The number of nitrogens with two attached hydrogens (primary N) is 1. The molecule has 2 saturated heterocycles. The Bertz CT molecular complexity index is 733. The second kappa shape index (κ2) is 5.10. The molecule has 0 amide bonds. The SMILES string of the molecule is CC1(C)OC2C(CO)COC(n3cnc4c(N)ncnc43)C2O1. The van der Waals surface area contributed by atoms with Gasteiger partial charge in [0.15, 0.2) is 23.5 Å². The molecular weight excluding hydrogens is 302 g/mol. The molecule has 4 atom stereocenters. The fraction of sp³-hybridized carbons (Fsp3) is 0.643. The maximum atomic E-state index is 9.56. The van der Waals surface area contributed by atoms with E-state index >= 15 is 0 Å². The van der Waals surface area contributed by atoms with Crippen LogP contribution in [0.5, 0.6) is 0 Å². The lowest BCUT2D eigenvalue weighted by atomic mass is 9.95. The van der Waals surface area contributed by atoms with E-state index in [9.17, 15) is 5.11 Å². The molecule has 9 heteroatoms. The maximum absolute atomic E-state index is 9.56. The van der Waals surface area contributed by atoms with Gasteiger partial charge in [0, 0.05) is 5.92 Å². The van der Waals surface area contributed by atoms with Crippen LogP contribution in [-0.4, -0.2) is 55.8 Å². The number of hydrogen-bond donors (Lipinski definition) is 2.